The second-order valence-electron chi connectivity index (χ2n) is 14.1. The second-order valence-corrected chi connectivity index (χ2v) is 14.1. The van der Waals surface area contributed by atoms with Crippen molar-refractivity contribution >= 4 is 28.9 Å². The Hall–Kier alpha value is -7.62. The molecule has 0 spiro atoms. The highest BCUT2D eigenvalue weighted by Crippen LogP contribution is 2.52. The number of carbonyl (C=O) groups is 2. The molecule has 6 aromatic carbocycles. The highest BCUT2D eigenvalue weighted by Gasteiger charge is 2.45. The van der Waals surface area contributed by atoms with E-state index in [9.17, 15) is 10.1 Å². The third-order valence-electron chi connectivity index (χ3n) is 11.0. The maximum atomic E-state index is 15.3. The van der Waals surface area contributed by atoms with E-state index in [0.717, 1.165) is 50.2 Å². The molecule has 0 N–H and O–H groups in total. The quantitative estimate of drug-likeness (QED) is 0.160. The normalized spacial score (nSPS) is 16.4. The van der Waals surface area contributed by atoms with E-state index in [2.05, 4.69) is 70.6 Å². The molecule has 0 bridgehead atoms. The lowest BCUT2D eigenvalue weighted by atomic mass is 9.90. The van der Waals surface area contributed by atoms with Gasteiger partial charge >= 0.3 is 0 Å². The number of aromatic nitrogens is 1. The first-order valence-corrected chi connectivity index (χ1v) is 18.6. The third-order valence-corrected chi connectivity index (χ3v) is 11.0. The number of allylic oxidation sites excluding steroid dienone is 2. The lowest BCUT2D eigenvalue weighted by molar-refractivity contribution is 0.0926. The summed E-state index contributed by atoms with van der Waals surface area (Å²) in [5.41, 5.74) is 11.2. The molecule has 0 radical (unpaired) electrons. The summed E-state index contributed by atoms with van der Waals surface area (Å²) >= 11 is 0. The van der Waals surface area contributed by atoms with Crippen molar-refractivity contribution in [3.63, 3.8) is 0 Å². The molecule has 2 amide bonds. The molecule has 6 nitrogen and oxygen atoms in total. The van der Waals surface area contributed by atoms with Gasteiger partial charge in [-0.15, -0.1) is 0 Å². The van der Waals surface area contributed by atoms with Crippen molar-refractivity contribution in [3.8, 4) is 50.7 Å². The number of amides is 2. The van der Waals surface area contributed by atoms with Gasteiger partial charge in [-0.2, -0.15) is 5.26 Å². The number of nitriles is 1. The van der Waals surface area contributed by atoms with Gasteiger partial charge in [-0.05, 0) is 70.3 Å². The molecule has 56 heavy (non-hydrogen) atoms. The van der Waals surface area contributed by atoms with E-state index in [-0.39, 0.29) is 23.8 Å². The first-order chi connectivity index (χ1) is 27.6. The van der Waals surface area contributed by atoms with Crippen LogP contribution in [0.1, 0.15) is 37.9 Å². The van der Waals surface area contributed by atoms with Crippen LogP contribution in [0.3, 0.4) is 0 Å². The van der Waals surface area contributed by atoms with Gasteiger partial charge in [0.25, 0.3) is 11.8 Å². The lowest BCUT2D eigenvalue weighted by Gasteiger charge is -2.30. The van der Waals surface area contributed by atoms with E-state index in [1.165, 1.54) is 4.90 Å². The van der Waals surface area contributed by atoms with Crippen LogP contribution in [0.5, 0.6) is 0 Å². The van der Waals surface area contributed by atoms with Crippen LogP contribution in [0.2, 0.25) is 0 Å². The predicted molar refractivity (Wildman–Crippen MR) is 222 cm³/mol. The van der Waals surface area contributed by atoms with Crippen molar-refractivity contribution in [3.05, 3.63) is 204 Å². The van der Waals surface area contributed by atoms with Gasteiger partial charge in [-0.25, -0.2) is 9.88 Å². The van der Waals surface area contributed by atoms with Crippen LogP contribution in [0.25, 0.3) is 44.6 Å². The number of carbonyl (C=O) groups excluding carboxylic acids is 2. The molecule has 7 aromatic rings. The highest BCUT2D eigenvalue weighted by molar-refractivity contribution is 6.38. The zero-order chi connectivity index (χ0) is 37.8. The topological polar surface area (TPSA) is 77.3 Å². The maximum absolute atomic E-state index is 15.3. The molecule has 0 saturated heterocycles. The number of hydrogen-bond acceptors (Lipinski definition) is 5. The Morgan fingerprint density at radius 2 is 1.18 bits per heavy atom. The average Bonchev–Trinajstić information content (AvgIpc) is 3.73. The van der Waals surface area contributed by atoms with E-state index in [0.29, 0.717) is 33.9 Å². The second kappa shape index (κ2) is 13.3. The number of pyridine rings is 1. The highest BCUT2D eigenvalue weighted by atomic mass is 16.2. The van der Waals surface area contributed by atoms with E-state index in [1.54, 1.807) is 12.1 Å². The minimum absolute atomic E-state index is 0.0292. The molecule has 1 aromatic heterocycles. The largest absolute Gasteiger partial charge is 0.333 e. The zero-order valence-corrected chi connectivity index (χ0v) is 30.1. The Kier molecular flexibility index (Phi) is 7.86. The Morgan fingerprint density at radius 3 is 1.86 bits per heavy atom. The van der Waals surface area contributed by atoms with E-state index in [4.69, 9.17) is 0 Å². The summed E-state index contributed by atoms with van der Waals surface area (Å²) in [5.74, 6) is -0.709. The number of benzene rings is 6. The zero-order valence-electron chi connectivity index (χ0n) is 30.1. The Balaban J connectivity index is 1.17. The molecular formula is C50H32N4O2. The van der Waals surface area contributed by atoms with Crippen LogP contribution < -0.4 is 9.80 Å². The summed E-state index contributed by atoms with van der Waals surface area (Å²) in [6.07, 6.45) is 8.43. The Morgan fingerprint density at radius 1 is 0.536 bits per heavy atom. The molecule has 2 aliphatic heterocycles. The fourth-order valence-electron chi connectivity index (χ4n) is 8.45. The Labute approximate surface area is 324 Å². The summed E-state index contributed by atoms with van der Waals surface area (Å²) < 4.78 is 0. The molecule has 264 valence electrons. The van der Waals surface area contributed by atoms with Crippen molar-refractivity contribution in [2.24, 2.45) is 0 Å². The van der Waals surface area contributed by atoms with Crippen LogP contribution in [-0.4, -0.2) is 22.8 Å². The number of hydrogen-bond donors (Lipinski definition) is 0. The van der Waals surface area contributed by atoms with Crippen molar-refractivity contribution in [1.82, 2.24) is 4.98 Å². The standard InChI is InChI=1S/C50H32N4O2/c51-31-37-20-12-23-43(52-37)35-26-27-39-38-21-10-11-24-44(38)53(46(39)30-35)45-25-13-22-40-47(45)50(56)54(49(40)55)48-41(33-16-6-2-7-17-33)28-36(32-14-4-1-5-15-32)29-42(48)34-18-8-3-9-19-34/h1-30,38,44H. The van der Waals surface area contributed by atoms with Gasteiger partial charge in [-0.3, -0.25) is 9.59 Å². The van der Waals surface area contributed by atoms with Crippen LogP contribution in [-0.2, 0) is 0 Å². The number of nitrogens with zero attached hydrogens (tertiary/aromatic N) is 4. The fraction of sp³-hybridized carbons (Fsp3) is 0.0400. The van der Waals surface area contributed by atoms with Crippen molar-refractivity contribution < 1.29 is 9.59 Å². The molecule has 0 saturated carbocycles. The van der Waals surface area contributed by atoms with E-state index in [1.807, 2.05) is 115 Å². The first-order valence-electron chi connectivity index (χ1n) is 18.6. The van der Waals surface area contributed by atoms with Gasteiger partial charge in [0, 0.05) is 28.3 Å². The molecule has 3 heterocycles. The molecule has 6 heteroatoms. The third kappa shape index (κ3) is 5.29. The van der Waals surface area contributed by atoms with Gasteiger partial charge in [-0.1, -0.05) is 140 Å². The number of imide groups is 1. The van der Waals surface area contributed by atoms with E-state index >= 15 is 4.79 Å². The van der Waals surface area contributed by atoms with Crippen molar-refractivity contribution in [1.29, 1.82) is 5.26 Å². The SMILES string of the molecule is N#Cc1cccc(-c2ccc3c(c2)N(c2cccc4c2C(=O)N(c2c(-c5ccccc5)cc(-c5ccccc5)cc2-c2ccccc2)C4=O)C2C=CC=CC32)n1. The Bertz CT molecular complexity index is 2760. The van der Waals surface area contributed by atoms with Crippen LogP contribution in [0.4, 0.5) is 17.1 Å². The molecular weight excluding hydrogens is 689 g/mol. The predicted octanol–water partition coefficient (Wildman–Crippen LogP) is 11.2. The average molecular weight is 721 g/mol. The van der Waals surface area contributed by atoms with Gasteiger partial charge in [0.15, 0.2) is 0 Å². The summed E-state index contributed by atoms with van der Waals surface area (Å²) in [6, 6.07) is 53.5. The van der Waals surface area contributed by atoms with Crippen LogP contribution >= 0.6 is 0 Å². The summed E-state index contributed by atoms with van der Waals surface area (Å²) in [5, 5.41) is 9.56. The summed E-state index contributed by atoms with van der Waals surface area (Å²) in [4.78, 5) is 38.5. The molecule has 10 rings (SSSR count). The molecule has 3 aliphatic rings. The smallest absolute Gasteiger partial charge is 0.268 e. The molecule has 2 unspecified atom stereocenters. The van der Waals surface area contributed by atoms with Gasteiger partial charge < -0.3 is 4.90 Å². The van der Waals surface area contributed by atoms with Gasteiger partial charge in [0.05, 0.1) is 34.2 Å². The van der Waals surface area contributed by atoms with Crippen LogP contribution in [0.15, 0.2) is 182 Å². The summed E-state index contributed by atoms with van der Waals surface area (Å²) in [7, 11) is 0. The summed E-state index contributed by atoms with van der Waals surface area (Å²) in [6.45, 7) is 0. The number of anilines is 3. The number of rotatable bonds is 6. The maximum Gasteiger partial charge on any atom is 0.268 e. The molecule has 1 aliphatic carbocycles. The molecule has 0 fully saturated rings. The first kappa shape index (κ1) is 33.0. The van der Waals surface area contributed by atoms with Crippen molar-refractivity contribution in [2.45, 2.75) is 12.0 Å². The lowest BCUT2D eigenvalue weighted by Crippen LogP contribution is -2.32. The van der Waals surface area contributed by atoms with Gasteiger partial charge in [0.2, 0.25) is 0 Å². The molecule has 2 atom stereocenters. The van der Waals surface area contributed by atoms with E-state index < -0.39 is 0 Å². The number of fused-ring (bicyclic) bond motifs is 4. The minimum atomic E-state index is -0.373. The van der Waals surface area contributed by atoms with Crippen LogP contribution in [0, 0.1) is 11.3 Å². The fourth-order valence-corrected chi connectivity index (χ4v) is 8.45. The monoisotopic (exact) mass is 720 g/mol. The van der Waals surface area contributed by atoms with Crippen molar-refractivity contribution in [2.75, 3.05) is 9.80 Å². The minimum Gasteiger partial charge on any atom is -0.333 e. The van der Waals surface area contributed by atoms with Gasteiger partial charge in [0.1, 0.15) is 11.8 Å².